The van der Waals surface area contributed by atoms with E-state index in [4.69, 9.17) is 4.74 Å². The first-order chi connectivity index (χ1) is 11.7. The average molecular weight is 345 g/mol. The van der Waals surface area contributed by atoms with Gasteiger partial charge in [-0.25, -0.2) is 4.39 Å². The molecule has 0 saturated carbocycles. The van der Waals surface area contributed by atoms with Crippen LogP contribution in [-0.4, -0.2) is 30.1 Å². The summed E-state index contributed by atoms with van der Waals surface area (Å²) in [5.74, 6) is -0.334. The van der Waals surface area contributed by atoms with Crippen LogP contribution in [0.4, 0.5) is 4.39 Å². The van der Waals surface area contributed by atoms with Crippen molar-refractivity contribution >= 4 is 23.3 Å². The first kappa shape index (κ1) is 16.9. The van der Waals surface area contributed by atoms with Gasteiger partial charge in [-0.3, -0.25) is 4.79 Å². The van der Waals surface area contributed by atoms with Gasteiger partial charge in [0.25, 0.3) is 0 Å². The monoisotopic (exact) mass is 345 g/mol. The lowest BCUT2D eigenvalue weighted by molar-refractivity contribution is -0.128. The van der Waals surface area contributed by atoms with Gasteiger partial charge >= 0.3 is 0 Å². The van der Waals surface area contributed by atoms with Crippen molar-refractivity contribution in [3.8, 4) is 0 Å². The average Bonchev–Trinajstić information content (AvgIpc) is 3.27. The van der Waals surface area contributed by atoms with Crippen LogP contribution in [0.25, 0.3) is 6.08 Å². The molecule has 3 rings (SSSR count). The molecule has 1 aliphatic rings. The number of hydrogen-bond acceptors (Lipinski definition) is 3. The Morgan fingerprint density at radius 1 is 1.33 bits per heavy atom. The Kier molecular flexibility index (Phi) is 5.77. The predicted octanol–water partition coefficient (Wildman–Crippen LogP) is 4.11. The van der Waals surface area contributed by atoms with Gasteiger partial charge in [0.05, 0.1) is 12.6 Å². The number of nitrogens with zero attached hydrogens (tertiary/aromatic N) is 1. The second kappa shape index (κ2) is 8.22. The fourth-order valence-electron chi connectivity index (χ4n) is 2.70. The van der Waals surface area contributed by atoms with Crippen LogP contribution in [0.3, 0.4) is 0 Å². The van der Waals surface area contributed by atoms with Crippen molar-refractivity contribution in [2.75, 3.05) is 13.2 Å². The first-order valence-corrected chi connectivity index (χ1v) is 8.95. The van der Waals surface area contributed by atoms with Crippen molar-refractivity contribution in [3.63, 3.8) is 0 Å². The van der Waals surface area contributed by atoms with E-state index in [0.29, 0.717) is 13.1 Å². The fourth-order valence-corrected chi connectivity index (χ4v) is 3.42. The number of carbonyl (C=O) groups excluding carboxylic acids is 1. The zero-order chi connectivity index (χ0) is 16.8. The molecule has 1 aromatic carbocycles. The molecule has 0 bridgehead atoms. The molecule has 0 spiro atoms. The minimum atomic E-state index is -0.281. The smallest absolute Gasteiger partial charge is 0.246 e. The van der Waals surface area contributed by atoms with Crippen molar-refractivity contribution in [3.05, 3.63) is 64.1 Å². The first-order valence-electron chi connectivity index (χ1n) is 8.07. The summed E-state index contributed by atoms with van der Waals surface area (Å²) in [6, 6.07) is 10.1. The van der Waals surface area contributed by atoms with Gasteiger partial charge in [0.1, 0.15) is 5.82 Å². The van der Waals surface area contributed by atoms with Crippen LogP contribution in [-0.2, 0) is 16.1 Å². The maximum atomic E-state index is 12.9. The zero-order valence-corrected chi connectivity index (χ0v) is 14.2. The number of rotatable bonds is 6. The van der Waals surface area contributed by atoms with E-state index < -0.39 is 0 Å². The standard InChI is InChI=1S/C19H20FNO2S/c20-16-8-5-15(6-9-16)7-10-19(22)21(13-17-3-1-11-23-17)14-18-4-2-12-24-18/h2,4-10,12,17H,1,3,11,13-14H2/b10-7+. The number of halogens is 1. The molecule has 1 fully saturated rings. The van der Waals surface area contributed by atoms with Gasteiger partial charge in [-0.05, 0) is 48.1 Å². The molecule has 1 amide bonds. The minimum absolute atomic E-state index is 0.0526. The highest BCUT2D eigenvalue weighted by Gasteiger charge is 2.21. The van der Waals surface area contributed by atoms with E-state index in [9.17, 15) is 9.18 Å². The molecule has 2 aromatic rings. The molecule has 3 nitrogen and oxygen atoms in total. The molecule has 5 heteroatoms. The Morgan fingerprint density at radius 3 is 2.83 bits per heavy atom. The molecule has 24 heavy (non-hydrogen) atoms. The van der Waals surface area contributed by atoms with E-state index in [1.807, 2.05) is 22.4 Å². The molecule has 1 aromatic heterocycles. The SMILES string of the molecule is O=C(/C=C/c1ccc(F)cc1)N(Cc1cccs1)CC1CCCO1. The van der Waals surface area contributed by atoms with E-state index in [1.165, 1.54) is 12.1 Å². The lowest BCUT2D eigenvalue weighted by atomic mass is 10.2. The summed E-state index contributed by atoms with van der Waals surface area (Å²) in [4.78, 5) is 15.6. The summed E-state index contributed by atoms with van der Waals surface area (Å²) in [6.45, 7) is 1.96. The lowest BCUT2D eigenvalue weighted by Gasteiger charge is -2.23. The van der Waals surface area contributed by atoms with Gasteiger partial charge < -0.3 is 9.64 Å². The topological polar surface area (TPSA) is 29.5 Å². The number of ether oxygens (including phenoxy) is 1. The molecule has 0 N–H and O–H groups in total. The molecule has 0 aliphatic carbocycles. The van der Waals surface area contributed by atoms with Crippen LogP contribution in [0.5, 0.6) is 0 Å². The van der Waals surface area contributed by atoms with E-state index in [-0.39, 0.29) is 17.8 Å². The Hall–Kier alpha value is -1.98. The number of benzene rings is 1. The predicted molar refractivity (Wildman–Crippen MR) is 94.1 cm³/mol. The number of hydrogen-bond donors (Lipinski definition) is 0. The van der Waals surface area contributed by atoms with Gasteiger partial charge in [-0.2, -0.15) is 0 Å². The van der Waals surface area contributed by atoms with Crippen LogP contribution < -0.4 is 0 Å². The minimum Gasteiger partial charge on any atom is -0.376 e. The third kappa shape index (κ3) is 4.76. The van der Waals surface area contributed by atoms with Crippen molar-refractivity contribution in [1.82, 2.24) is 4.90 Å². The summed E-state index contributed by atoms with van der Waals surface area (Å²) in [5, 5.41) is 2.01. The molecule has 1 unspecified atom stereocenters. The van der Waals surface area contributed by atoms with Gasteiger partial charge in [-0.15, -0.1) is 11.3 Å². The molecular formula is C19H20FNO2S. The van der Waals surface area contributed by atoms with Gasteiger partial charge in [0.15, 0.2) is 0 Å². The van der Waals surface area contributed by atoms with Crippen molar-refractivity contribution in [1.29, 1.82) is 0 Å². The van der Waals surface area contributed by atoms with Crippen LogP contribution in [0, 0.1) is 5.82 Å². The maximum absolute atomic E-state index is 12.9. The van der Waals surface area contributed by atoms with Crippen LogP contribution in [0.15, 0.2) is 47.9 Å². The number of thiophene rings is 1. The molecule has 0 radical (unpaired) electrons. The summed E-state index contributed by atoms with van der Waals surface area (Å²) < 4.78 is 18.6. The highest BCUT2D eigenvalue weighted by molar-refractivity contribution is 7.09. The third-order valence-electron chi connectivity index (χ3n) is 3.97. The van der Waals surface area contributed by atoms with Gasteiger partial charge in [-0.1, -0.05) is 18.2 Å². The van der Waals surface area contributed by atoms with Gasteiger partial charge in [0.2, 0.25) is 5.91 Å². The summed E-state index contributed by atoms with van der Waals surface area (Å²) in [6.07, 6.45) is 5.44. The number of amides is 1. The van der Waals surface area contributed by atoms with Crippen LogP contribution >= 0.6 is 11.3 Å². The highest BCUT2D eigenvalue weighted by atomic mass is 32.1. The Balaban J connectivity index is 1.68. The molecule has 126 valence electrons. The lowest BCUT2D eigenvalue weighted by Crippen LogP contribution is -2.35. The zero-order valence-electron chi connectivity index (χ0n) is 13.4. The molecule has 1 aliphatic heterocycles. The molecule has 2 heterocycles. The Labute approximate surface area is 145 Å². The number of carbonyl (C=O) groups is 1. The third-order valence-corrected chi connectivity index (χ3v) is 4.84. The van der Waals surface area contributed by atoms with E-state index in [1.54, 1.807) is 35.6 Å². The fraction of sp³-hybridized carbons (Fsp3) is 0.316. The van der Waals surface area contributed by atoms with Crippen molar-refractivity contribution < 1.29 is 13.9 Å². The van der Waals surface area contributed by atoms with E-state index in [2.05, 4.69) is 0 Å². The highest BCUT2D eigenvalue weighted by Crippen LogP contribution is 2.18. The second-order valence-electron chi connectivity index (χ2n) is 5.82. The van der Waals surface area contributed by atoms with E-state index >= 15 is 0 Å². The Bertz CT molecular complexity index is 676. The van der Waals surface area contributed by atoms with Crippen molar-refractivity contribution in [2.45, 2.75) is 25.5 Å². The normalized spacial score (nSPS) is 17.5. The van der Waals surface area contributed by atoms with Crippen LogP contribution in [0.2, 0.25) is 0 Å². The van der Waals surface area contributed by atoms with Gasteiger partial charge in [0, 0.05) is 24.1 Å². The molecule has 1 atom stereocenters. The second-order valence-corrected chi connectivity index (χ2v) is 6.85. The Morgan fingerprint density at radius 2 is 2.17 bits per heavy atom. The maximum Gasteiger partial charge on any atom is 0.246 e. The summed E-state index contributed by atoms with van der Waals surface area (Å²) >= 11 is 1.64. The summed E-state index contributed by atoms with van der Waals surface area (Å²) in [7, 11) is 0. The van der Waals surface area contributed by atoms with Crippen molar-refractivity contribution in [2.24, 2.45) is 0 Å². The molecule has 1 saturated heterocycles. The van der Waals surface area contributed by atoms with E-state index in [0.717, 1.165) is 29.9 Å². The summed E-state index contributed by atoms with van der Waals surface area (Å²) in [5.41, 5.74) is 0.804. The largest absolute Gasteiger partial charge is 0.376 e. The van der Waals surface area contributed by atoms with Crippen LogP contribution in [0.1, 0.15) is 23.3 Å². The quantitative estimate of drug-likeness (QED) is 0.738. The molecular weight excluding hydrogens is 325 g/mol.